The predicted molar refractivity (Wildman–Crippen MR) is 250 cm³/mol. The minimum atomic E-state index is -4.56. The van der Waals surface area contributed by atoms with Gasteiger partial charge in [0.15, 0.2) is 0 Å². The van der Waals surface area contributed by atoms with E-state index >= 15 is 0 Å². The highest BCUT2D eigenvalue weighted by Gasteiger charge is 2.31. The number of para-hydroxylation sites is 2. The summed E-state index contributed by atoms with van der Waals surface area (Å²) in [5.74, 6) is 0. The van der Waals surface area contributed by atoms with E-state index in [1.54, 1.807) is 6.07 Å². The van der Waals surface area contributed by atoms with Crippen molar-refractivity contribution in [3.63, 3.8) is 0 Å². The maximum atomic E-state index is 14.5. The Morgan fingerprint density at radius 1 is 0.435 bits per heavy atom. The van der Waals surface area contributed by atoms with Gasteiger partial charge in [0.1, 0.15) is 6.07 Å². The van der Waals surface area contributed by atoms with Gasteiger partial charge in [-0.1, -0.05) is 108 Å². The summed E-state index contributed by atoms with van der Waals surface area (Å²) in [7, 11) is 0. The minimum Gasteiger partial charge on any atom is -0.309 e. The second-order valence-electron chi connectivity index (χ2n) is 16.8. The third-order valence-corrected chi connectivity index (χ3v) is 12.5. The first-order valence-electron chi connectivity index (χ1n) is 20.8. The SMILES string of the molecule is Cc1cc(C)c(-c2ccc3c4ccccc4n(-c4cc(-c5cccc(C(F)(F)F)c5)c(-n5c6ccccc6c6ccc(-c7c(C)cc(C)cc7C)cc65)cc4C#N)c3c2)c(C)c1. The molecule has 0 aliphatic rings. The van der Waals surface area contributed by atoms with Crippen LogP contribution in [0.3, 0.4) is 0 Å². The Labute approximate surface area is 358 Å². The first-order chi connectivity index (χ1) is 29.8. The quantitative estimate of drug-likeness (QED) is 0.170. The number of rotatable bonds is 5. The van der Waals surface area contributed by atoms with E-state index in [0.29, 0.717) is 28.1 Å². The zero-order valence-corrected chi connectivity index (χ0v) is 35.3. The predicted octanol–water partition coefficient (Wildman–Crippen LogP) is 15.6. The molecular formula is C56H42F3N3. The molecule has 0 amide bonds. The molecule has 302 valence electrons. The molecule has 62 heavy (non-hydrogen) atoms. The molecule has 2 heterocycles. The molecule has 0 bridgehead atoms. The molecule has 0 unspecified atom stereocenters. The van der Waals surface area contributed by atoms with E-state index in [1.165, 1.54) is 34.4 Å². The zero-order valence-electron chi connectivity index (χ0n) is 35.3. The molecule has 0 aliphatic heterocycles. The fraction of sp³-hybridized carbons (Fsp3) is 0.125. The number of nitrogens with zero attached hydrogens (tertiary/aromatic N) is 3. The van der Waals surface area contributed by atoms with Gasteiger partial charge in [-0.05, 0) is 140 Å². The molecule has 6 heteroatoms. The summed E-state index contributed by atoms with van der Waals surface area (Å²) in [6, 6.07) is 49.8. The third-order valence-electron chi connectivity index (χ3n) is 12.5. The fourth-order valence-corrected chi connectivity index (χ4v) is 10.2. The van der Waals surface area contributed by atoms with E-state index in [9.17, 15) is 18.4 Å². The minimum absolute atomic E-state index is 0.388. The average molecular weight is 814 g/mol. The molecule has 2 aromatic heterocycles. The summed E-state index contributed by atoms with van der Waals surface area (Å²) in [6.45, 7) is 12.7. The summed E-state index contributed by atoms with van der Waals surface area (Å²) in [5, 5.41) is 15.2. The van der Waals surface area contributed by atoms with Gasteiger partial charge < -0.3 is 9.13 Å². The molecule has 3 nitrogen and oxygen atoms in total. The first kappa shape index (κ1) is 38.8. The van der Waals surface area contributed by atoms with Crippen LogP contribution in [0.5, 0.6) is 0 Å². The average Bonchev–Trinajstić information content (AvgIpc) is 3.74. The van der Waals surface area contributed by atoms with Gasteiger partial charge in [0.25, 0.3) is 0 Å². The Balaban J connectivity index is 1.32. The van der Waals surface area contributed by atoms with Crippen molar-refractivity contribution in [1.82, 2.24) is 9.13 Å². The molecule has 0 N–H and O–H groups in total. The maximum absolute atomic E-state index is 14.5. The van der Waals surface area contributed by atoms with Crippen molar-refractivity contribution in [3.05, 3.63) is 190 Å². The molecule has 10 rings (SSSR count). The van der Waals surface area contributed by atoms with Crippen LogP contribution in [0.15, 0.2) is 146 Å². The standard InChI is InChI=1S/C56H42F3N3/c1-32-22-34(3)54(35(4)23-32)39-18-20-45-43-14-7-9-16-48(43)61(51(45)27-39)50-30-47(38-12-11-13-42(26-38)56(57,58)59)53(29-41(50)31-60)62-49-17-10-8-15-44(49)46-21-19-40(28-52(46)62)55-36(5)24-33(2)25-37(55)6/h7-30H,1-6H3. The van der Waals surface area contributed by atoms with Crippen molar-refractivity contribution in [2.45, 2.75) is 47.7 Å². The normalized spacial score (nSPS) is 11.9. The Kier molecular flexibility index (Phi) is 9.01. The van der Waals surface area contributed by atoms with Crippen molar-refractivity contribution in [3.8, 4) is 50.8 Å². The molecule has 10 aromatic rings. The molecule has 0 aliphatic carbocycles. The lowest BCUT2D eigenvalue weighted by molar-refractivity contribution is -0.137. The van der Waals surface area contributed by atoms with Crippen LogP contribution in [0.25, 0.3) is 88.4 Å². The van der Waals surface area contributed by atoms with Gasteiger partial charge in [0.05, 0.1) is 44.6 Å². The topological polar surface area (TPSA) is 33.6 Å². The maximum Gasteiger partial charge on any atom is 0.416 e. The Hall–Kier alpha value is -7.36. The van der Waals surface area contributed by atoms with Gasteiger partial charge in [-0.2, -0.15) is 18.4 Å². The van der Waals surface area contributed by atoms with E-state index in [0.717, 1.165) is 83.1 Å². The molecule has 0 fully saturated rings. The van der Waals surface area contributed by atoms with E-state index in [1.807, 2.05) is 48.5 Å². The van der Waals surface area contributed by atoms with E-state index < -0.39 is 11.7 Å². The lowest BCUT2D eigenvalue weighted by Crippen LogP contribution is -2.06. The smallest absolute Gasteiger partial charge is 0.309 e. The second kappa shape index (κ2) is 14.4. The first-order valence-corrected chi connectivity index (χ1v) is 20.8. The zero-order chi connectivity index (χ0) is 43.2. The van der Waals surface area contributed by atoms with Crippen molar-refractivity contribution in [2.24, 2.45) is 0 Å². The summed E-state index contributed by atoms with van der Waals surface area (Å²) in [4.78, 5) is 0. The van der Waals surface area contributed by atoms with Crippen LogP contribution in [0, 0.1) is 52.9 Å². The second-order valence-corrected chi connectivity index (χ2v) is 16.8. The van der Waals surface area contributed by atoms with Gasteiger partial charge in [0.2, 0.25) is 0 Å². The van der Waals surface area contributed by atoms with Crippen molar-refractivity contribution < 1.29 is 13.2 Å². The largest absolute Gasteiger partial charge is 0.416 e. The van der Waals surface area contributed by atoms with E-state index in [4.69, 9.17) is 0 Å². The number of aryl methyl sites for hydroxylation is 6. The number of hydrogen-bond acceptors (Lipinski definition) is 1. The molecule has 0 atom stereocenters. The number of hydrogen-bond donors (Lipinski definition) is 0. The fourth-order valence-electron chi connectivity index (χ4n) is 10.2. The Bertz CT molecular complexity index is 3490. The van der Waals surface area contributed by atoms with Crippen LogP contribution in [0.2, 0.25) is 0 Å². The van der Waals surface area contributed by atoms with Crippen LogP contribution in [-0.4, -0.2) is 9.13 Å². The monoisotopic (exact) mass is 813 g/mol. The van der Waals surface area contributed by atoms with Crippen molar-refractivity contribution in [1.29, 1.82) is 5.26 Å². The van der Waals surface area contributed by atoms with Gasteiger partial charge in [0, 0.05) is 27.1 Å². The lowest BCUT2D eigenvalue weighted by atomic mass is 9.93. The third kappa shape index (κ3) is 6.19. The van der Waals surface area contributed by atoms with Crippen LogP contribution in [-0.2, 0) is 6.18 Å². The Morgan fingerprint density at radius 3 is 1.39 bits per heavy atom. The van der Waals surface area contributed by atoms with Gasteiger partial charge >= 0.3 is 6.18 Å². The van der Waals surface area contributed by atoms with Crippen LogP contribution in [0.4, 0.5) is 13.2 Å². The molecule has 8 aromatic carbocycles. The lowest BCUT2D eigenvalue weighted by Gasteiger charge is -2.20. The molecular weight excluding hydrogens is 772 g/mol. The van der Waals surface area contributed by atoms with Crippen molar-refractivity contribution >= 4 is 43.6 Å². The summed E-state index contributed by atoms with van der Waals surface area (Å²) < 4.78 is 47.9. The van der Waals surface area contributed by atoms with E-state index in [2.05, 4.69) is 130 Å². The van der Waals surface area contributed by atoms with Crippen LogP contribution < -0.4 is 0 Å². The highest BCUT2D eigenvalue weighted by Crippen LogP contribution is 2.44. The summed E-state index contributed by atoms with van der Waals surface area (Å²) in [5.41, 5.74) is 16.8. The summed E-state index contributed by atoms with van der Waals surface area (Å²) in [6.07, 6.45) is -4.56. The number of benzene rings is 8. The molecule has 0 spiro atoms. The number of alkyl halides is 3. The number of aromatic nitrogens is 2. The number of halogens is 3. The van der Waals surface area contributed by atoms with Gasteiger partial charge in [-0.3, -0.25) is 0 Å². The van der Waals surface area contributed by atoms with Crippen LogP contribution in [0.1, 0.15) is 44.5 Å². The number of nitriles is 1. The highest BCUT2D eigenvalue weighted by atomic mass is 19.4. The van der Waals surface area contributed by atoms with Gasteiger partial charge in [-0.15, -0.1) is 0 Å². The molecule has 0 saturated carbocycles. The Morgan fingerprint density at radius 2 is 0.903 bits per heavy atom. The number of fused-ring (bicyclic) bond motifs is 6. The molecule has 0 saturated heterocycles. The molecule has 0 radical (unpaired) electrons. The highest BCUT2D eigenvalue weighted by molar-refractivity contribution is 6.12. The van der Waals surface area contributed by atoms with Crippen LogP contribution >= 0.6 is 0 Å². The van der Waals surface area contributed by atoms with Crippen molar-refractivity contribution in [2.75, 3.05) is 0 Å². The van der Waals surface area contributed by atoms with Gasteiger partial charge in [-0.25, -0.2) is 0 Å². The summed E-state index contributed by atoms with van der Waals surface area (Å²) >= 11 is 0. The van der Waals surface area contributed by atoms with E-state index in [-0.39, 0.29) is 0 Å².